The highest BCUT2D eigenvalue weighted by atomic mass is 16.6. The Morgan fingerprint density at radius 3 is 2.42 bits per heavy atom. The number of nitrogens with zero attached hydrogens (tertiary/aromatic N) is 4. The van der Waals surface area contributed by atoms with Gasteiger partial charge in [0.25, 0.3) is 0 Å². The van der Waals surface area contributed by atoms with Crippen molar-refractivity contribution in [1.82, 2.24) is 24.9 Å². The monoisotopic (exact) mass is 488 g/mol. The van der Waals surface area contributed by atoms with Crippen LogP contribution >= 0.6 is 0 Å². The van der Waals surface area contributed by atoms with Gasteiger partial charge in [-0.2, -0.15) is 4.52 Å². The SMILES string of the molecule is CC(C)(C)OC(=O)NCCCOC(=O)Nc1cc(-c2ccncc2)cc2nc(-c3ccccc3)nn12. The number of rotatable bonds is 7. The number of aromatic nitrogens is 4. The minimum atomic E-state index is -0.641. The van der Waals surface area contributed by atoms with Crippen LogP contribution in [0.2, 0.25) is 0 Å². The molecular weight excluding hydrogens is 460 g/mol. The van der Waals surface area contributed by atoms with Crippen molar-refractivity contribution in [1.29, 1.82) is 0 Å². The lowest BCUT2D eigenvalue weighted by Gasteiger charge is -2.19. The molecule has 0 atom stereocenters. The molecule has 0 spiro atoms. The fourth-order valence-electron chi connectivity index (χ4n) is 3.38. The number of hydrogen-bond donors (Lipinski definition) is 2. The van der Waals surface area contributed by atoms with Crippen LogP contribution in [0.1, 0.15) is 27.2 Å². The van der Waals surface area contributed by atoms with Crippen LogP contribution in [-0.4, -0.2) is 50.5 Å². The molecule has 0 aliphatic rings. The van der Waals surface area contributed by atoms with E-state index >= 15 is 0 Å². The third-order valence-corrected chi connectivity index (χ3v) is 4.94. The molecule has 36 heavy (non-hydrogen) atoms. The molecule has 2 N–H and O–H groups in total. The second-order valence-corrected chi connectivity index (χ2v) is 8.98. The Balaban J connectivity index is 1.46. The van der Waals surface area contributed by atoms with Gasteiger partial charge in [-0.15, -0.1) is 5.10 Å². The lowest BCUT2D eigenvalue weighted by Crippen LogP contribution is -2.33. The topological polar surface area (TPSA) is 120 Å². The fourth-order valence-corrected chi connectivity index (χ4v) is 3.38. The lowest BCUT2D eigenvalue weighted by atomic mass is 10.1. The van der Waals surface area contributed by atoms with Gasteiger partial charge in [0.15, 0.2) is 11.5 Å². The number of amides is 2. The number of benzene rings is 1. The summed E-state index contributed by atoms with van der Waals surface area (Å²) < 4.78 is 12.0. The van der Waals surface area contributed by atoms with E-state index in [2.05, 4.69) is 25.7 Å². The van der Waals surface area contributed by atoms with Crippen LogP contribution in [0.3, 0.4) is 0 Å². The van der Waals surface area contributed by atoms with Gasteiger partial charge in [-0.3, -0.25) is 10.3 Å². The van der Waals surface area contributed by atoms with Gasteiger partial charge in [-0.25, -0.2) is 14.6 Å². The summed E-state index contributed by atoms with van der Waals surface area (Å²) in [5, 5.41) is 9.98. The highest BCUT2D eigenvalue weighted by Gasteiger charge is 2.16. The Bertz CT molecular complexity index is 1330. The Morgan fingerprint density at radius 2 is 1.69 bits per heavy atom. The first kappa shape index (κ1) is 24.6. The van der Waals surface area contributed by atoms with Crippen LogP contribution in [0.5, 0.6) is 0 Å². The standard InChI is InChI=1S/C26H28N6O4/c1-26(2,3)36-24(33)28-12-7-15-35-25(34)30-22-17-20(18-10-13-27-14-11-18)16-21-29-23(31-32(21)22)19-8-5-4-6-9-19/h4-6,8-11,13-14,16-17H,7,12,15H2,1-3H3,(H,28,33)(H,30,34). The maximum absolute atomic E-state index is 12.5. The zero-order valence-electron chi connectivity index (χ0n) is 20.4. The molecular formula is C26H28N6O4. The predicted molar refractivity (Wildman–Crippen MR) is 135 cm³/mol. The molecule has 0 bridgehead atoms. The average Bonchev–Trinajstić information content (AvgIpc) is 3.28. The largest absolute Gasteiger partial charge is 0.449 e. The molecule has 2 amide bonds. The molecule has 4 aromatic rings. The highest BCUT2D eigenvalue weighted by Crippen LogP contribution is 2.26. The summed E-state index contributed by atoms with van der Waals surface area (Å²) in [7, 11) is 0. The maximum atomic E-state index is 12.5. The van der Waals surface area contributed by atoms with E-state index < -0.39 is 17.8 Å². The summed E-state index contributed by atoms with van der Waals surface area (Å²) in [6, 6.07) is 17.0. The first-order chi connectivity index (χ1) is 17.3. The lowest BCUT2D eigenvalue weighted by molar-refractivity contribution is 0.0524. The quantitative estimate of drug-likeness (QED) is 0.354. The van der Waals surface area contributed by atoms with Gasteiger partial charge in [0.1, 0.15) is 11.4 Å². The van der Waals surface area contributed by atoms with E-state index in [-0.39, 0.29) is 6.61 Å². The van der Waals surface area contributed by atoms with Gasteiger partial charge in [0.05, 0.1) is 6.61 Å². The van der Waals surface area contributed by atoms with Gasteiger partial charge in [0.2, 0.25) is 0 Å². The minimum Gasteiger partial charge on any atom is -0.449 e. The first-order valence-corrected chi connectivity index (χ1v) is 11.6. The van der Waals surface area contributed by atoms with Gasteiger partial charge >= 0.3 is 12.2 Å². The minimum absolute atomic E-state index is 0.113. The summed E-state index contributed by atoms with van der Waals surface area (Å²) in [6.07, 6.45) is 2.68. The van der Waals surface area contributed by atoms with E-state index in [1.54, 1.807) is 43.7 Å². The van der Waals surface area contributed by atoms with Crippen LogP contribution < -0.4 is 10.6 Å². The van der Waals surface area contributed by atoms with Crippen LogP contribution in [0.4, 0.5) is 15.4 Å². The number of alkyl carbamates (subject to hydrolysis) is 1. The second-order valence-electron chi connectivity index (χ2n) is 8.98. The Hall–Kier alpha value is -4.47. The van der Waals surface area contributed by atoms with Crippen molar-refractivity contribution in [2.45, 2.75) is 32.8 Å². The van der Waals surface area contributed by atoms with Crippen molar-refractivity contribution in [2.24, 2.45) is 0 Å². The van der Waals surface area contributed by atoms with Crippen LogP contribution in [-0.2, 0) is 9.47 Å². The molecule has 0 radical (unpaired) electrons. The van der Waals surface area contributed by atoms with Crippen LogP contribution in [0.25, 0.3) is 28.2 Å². The summed E-state index contributed by atoms with van der Waals surface area (Å²) in [5.74, 6) is 0.943. The molecule has 0 unspecified atom stereocenters. The van der Waals surface area contributed by atoms with Crippen molar-refractivity contribution in [3.63, 3.8) is 0 Å². The summed E-state index contributed by atoms with van der Waals surface area (Å²) in [6.45, 7) is 5.80. The fraction of sp³-hybridized carbons (Fsp3) is 0.269. The molecule has 0 saturated heterocycles. The summed E-state index contributed by atoms with van der Waals surface area (Å²) >= 11 is 0. The molecule has 1 aromatic carbocycles. The number of nitrogens with one attached hydrogen (secondary N) is 2. The number of carbonyl (C=O) groups excluding carboxylic acids is 2. The van der Waals surface area contributed by atoms with E-state index in [0.717, 1.165) is 16.7 Å². The van der Waals surface area contributed by atoms with Gasteiger partial charge in [-0.05, 0) is 62.6 Å². The molecule has 3 aromatic heterocycles. The molecule has 10 nitrogen and oxygen atoms in total. The zero-order valence-corrected chi connectivity index (χ0v) is 20.4. The highest BCUT2D eigenvalue weighted by molar-refractivity contribution is 5.86. The number of anilines is 1. The summed E-state index contributed by atoms with van der Waals surface area (Å²) in [4.78, 5) is 33.0. The van der Waals surface area contributed by atoms with Gasteiger partial charge in [0, 0.05) is 24.5 Å². The zero-order chi connectivity index (χ0) is 25.5. The van der Waals surface area contributed by atoms with Crippen molar-refractivity contribution >= 4 is 23.7 Å². The smallest absolute Gasteiger partial charge is 0.412 e. The molecule has 0 fully saturated rings. The van der Waals surface area contributed by atoms with Crippen molar-refractivity contribution in [3.05, 3.63) is 67.0 Å². The third kappa shape index (κ3) is 6.56. The second kappa shape index (κ2) is 10.9. The molecule has 186 valence electrons. The molecule has 0 aliphatic heterocycles. The molecule has 0 aliphatic carbocycles. The molecule has 3 heterocycles. The van der Waals surface area contributed by atoms with Crippen molar-refractivity contribution in [3.8, 4) is 22.5 Å². The van der Waals surface area contributed by atoms with Gasteiger partial charge < -0.3 is 14.8 Å². The van der Waals surface area contributed by atoms with E-state index in [9.17, 15) is 9.59 Å². The number of hydrogen-bond acceptors (Lipinski definition) is 7. The third-order valence-electron chi connectivity index (χ3n) is 4.94. The molecule has 0 saturated carbocycles. The number of fused-ring (bicyclic) bond motifs is 1. The van der Waals surface area contributed by atoms with Crippen molar-refractivity contribution < 1.29 is 19.1 Å². The normalized spacial score (nSPS) is 11.2. The van der Waals surface area contributed by atoms with Crippen LogP contribution in [0.15, 0.2) is 67.0 Å². The number of pyridine rings is 2. The number of carbonyl (C=O) groups is 2. The van der Waals surface area contributed by atoms with E-state index in [1.807, 2.05) is 48.5 Å². The molecule has 4 rings (SSSR count). The Kier molecular flexibility index (Phi) is 7.43. The number of ether oxygens (including phenoxy) is 2. The first-order valence-electron chi connectivity index (χ1n) is 11.6. The van der Waals surface area contributed by atoms with E-state index in [0.29, 0.717) is 30.3 Å². The molecule has 10 heteroatoms. The summed E-state index contributed by atoms with van der Waals surface area (Å²) in [5.41, 5.74) is 2.62. The maximum Gasteiger partial charge on any atom is 0.412 e. The van der Waals surface area contributed by atoms with Crippen molar-refractivity contribution in [2.75, 3.05) is 18.5 Å². The van der Waals surface area contributed by atoms with E-state index in [4.69, 9.17) is 9.47 Å². The van der Waals surface area contributed by atoms with Crippen LogP contribution in [0, 0.1) is 0 Å². The average molecular weight is 489 g/mol. The predicted octanol–water partition coefficient (Wildman–Crippen LogP) is 4.92. The Morgan fingerprint density at radius 1 is 0.944 bits per heavy atom. The Labute approximate surface area is 208 Å². The van der Waals surface area contributed by atoms with E-state index in [1.165, 1.54) is 0 Å². The van der Waals surface area contributed by atoms with Gasteiger partial charge in [-0.1, -0.05) is 30.3 Å².